The Labute approximate surface area is 236 Å². The quantitative estimate of drug-likeness (QED) is 0.256. The highest BCUT2D eigenvalue weighted by Gasteiger charge is 2.32. The van der Waals surface area contributed by atoms with E-state index in [0.717, 1.165) is 44.3 Å². The lowest BCUT2D eigenvalue weighted by atomic mass is 9.84. The number of amides is 2. The summed E-state index contributed by atoms with van der Waals surface area (Å²) in [6.07, 6.45) is 2.83. The molecule has 41 heavy (non-hydrogen) atoms. The highest BCUT2D eigenvalue weighted by atomic mass is 19.1. The van der Waals surface area contributed by atoms with Crippen LogP contribution in [0.2, 0.25) is 0 Å². The SMILES string of the molecule is COCC(C)(C)c1c(-c2ccc(C(=O)NC3CCC(=O)NC3)cc2)c2cc3[nH]ncc3cc2n1-c1ccc(F)cc1. The molecular weight excluding hydrogens is 521 g/mol. The van der Waals surface area contributed by atoms with Gasteiger partial charge in [0, 0.05) is 64.8 Å². The summed E-state index contributed by atoms with van der Waals surface area (Å²) in [4.78, 5) is 24.5. The van der Waals surface area contributed by atoms with Gasteiger partial charge in [0.2, 0.25) is 5.91 Å². The second-order valence-electron chi connectivity index (χ2n) is 11.3. The summed E-state index contributed by atoms with van der Waals surface area (Å²) >= 11 is 0. The fraction of sp³-hybridized carbons (Fsp3) is 0.281. The molecule has 0 radical (unpaired) electrons. The third-order valence-electron chi connectivity index (χ3n) is 7.79. The largest absolute Gasteiger partial charge is 0.384 e. The van der Waals surface area contributed by atoms with Crippen molar-refractivity contribution in [1.29, 1.82) is 0 Å². The van der Waals surface area contributed by atoms with Crippen molar-refractivity contribution >= 4 is 33.6 Å². The fourth-order valence-corrected chi connectivity index (χ4v) is 5.86. The Morgan fingerprint density at radius 1 is 1.15 bits per heavy atom. The van der Waals surface area contributed by atoms with E-state index in [1.807, 2.05) is 24.3 Å². The van der Waals surface area contributed by atoms with Gasteiger partial charge in [-0.2, -0.15) is 5.10 Å². The first-order valence-electron chi connectivity index (χ1n) is 13.7. The second kappa shape index (κ2) is 10.5. The topological polar surface area (TPSA) is 101 Å². The minimum Gasteiger partial charge on any atom is -0.384 e. The van der Waals surface area contributed by atoms with Crippen molar-refractivity contribution in [2.75, 3.05) is 20.3 Å². The van der Waals surface area contributed by atoms with E-state index < -0.39 is 5.41 Å². The number of fused-ring (bicyclic) bond motifs is 2. The first-order chi connectivity index (χ1) is 19.7. The molecular formula is C32H32FN5O3. The van der Waals surface area contributed by atoms with Crippen molar-refractivity contribution in [3.05, 3.63) is 83.9 Å². The van der Waals surface area contributed by atoms with Gasteiger partial charge in [-0.05, 0) is 60.5 Å². The van der Waals surface area contributed by atoms with Gasteiger partial charge in [-0.15, -0.1) is 0 Å². The molecule has 1 saturated heterocycles. The number of piperidine rings is 1. The van der Waals surface area contributed by atoms with Gasteiger partial charge in [-0.25, -0.2) is 4.39 Å². The summed E-state index contributed by atoms with van der Waals surface area (Å²) in [6.45, 7) is 5.15. The maximum Gasteiger partial charge on any atom is 0.251 e. The molecule has 6 rings (SSSR count). The summed E-state index contributed by atoms with van der Waals surface area (Å²) in [5.41, 5.74) is 5.76. The lowest BCUT2D eigenvalue weighted by Gasteiger charge is -2.28. The molecule has 5 aromatic rings. The van der Waals surface area contributed by atoms with Crippen molar-refractivity contribution in [2.24, 2.45) is 0 Å². The fourth-order valence-electron chi connectivity index (χ4n) is 5.86. The van der Waals surface area contributed by atoms with Gasteiger partial charge in [0.1, 0.15) is 5.82 Å². The maximum absolute atomic E-state index is 14.0. The molecule has 9 heteroatoms. The molecule has 0 spiro atoms. The van der Waals surface area contributed by atoms with Gasteiger partial charge in [0.25, 0.3) is 5.91 Å². The summed E-state index contributed by atoms with van der Waals surface area (Å²) in [6, 6.07) is 18.2. The molecule has 1 atom stereocenters. The molecule has 3 heterocycles. The lowest BCUT2D eigenvalue weighted by molar-refractivity contribution is -0.122. The van der Waals surface area contributed by atoms with Crippen LogP contribution in [0.25, 0.3) is 38.6 Å². The van der Waals surface area contributed by atoms with Crippen LogP contribution in [0.15, 0.2) is 66.9 Å². The molecule has 3 aromatic carbocycles. The molecule has 2 amide bonds. The number of carbonyl (C=O) groups excluding carboxylic acids is 2. The number of ether oxygens (including phenoxy) is 1. The molecule has 2 aromatic heterocycles. The van der Waals surface area contributed by atoms with E-state index >= 15 is 0 Å². The number of hydrogen-bond donors (Lipinski definition) is 3. The average Bonchev–Trinajstić information content (AvgIpc) is 3.56. The smallest absolute Gasteiger partial charge is 0.251 e. The lowest BCUT2D eigenvalue weighted by Crippen LogP contribution is -2.47. The zero-order chi connectivity index (χ0) is 28.7. The molecule has 1 unspecified atom stereocenters. The van der Waals surface area contributed by atoms with Crippen LogP contribution in [0, 0.1) is 5.82 Å². The first-order valence-corrected chi connectivity index (χ1v) is 13.7. The van der Waals surface area contributed by atoms with E-state index in [0.29, 0.717) is 31.6 Å². The van der Waals surface area contributed by atoms with E-state index in [9.17, 15) is 14.0 Å². The van der Waals surface area contributed by atoms with Crippen LogP contribution in [-0.2, 0) is 14.9 Å². The number of halogens is 1. The zero-order valence-electron chi connectivity index (χ0n) is 23.3. The monoisotopic (exact) mass is 553 g/mol. The van der Waals surface area contributed by atoms with Crippen LogP contribution in [0.4, 0.5) is 4.39 Å². The highest BCUT2D eigenvalue weighted by Crippen LogP contribution is 2.44. The van der Waals surface area contributed by atoms with E-state index in [1.165, 1.54) is 12.1 Å². The van der Waals surface area contributed by atoms with E-state index in [2.05, 4.69) is 51.4 Å². The standard InChI is InChI=1S/C32H32FN5O3/c1-32(2,18-41-3)30-29(19-4-6-20(7-5-19)31(40)36-23-10-13-28(39)34-17-23)25-15-26-21(16-35-37-26)14-27(25)38(30)24-11-8-22(33)9-12-24/h4-9,11-12,14-16,23H,10,13,17-18H2,1-3H3,(H,34,39)(H,35,37)(H,36,40). The van der Waals surface area contributed by atoms with Crippen LogP contribution in [0.1, 0.15) is 42.7 Å². The van der Waals surface area contributed by atoms with Crippen LogP contribution in [0.3, 0.4) is 0 Å². The van der Waals surface area contributed by atoms with Gasteiger partial charge in [-0.1, -0.05) is 26.0 Å². The number of H-pyrrole nitrogens is 1. The minimum absolute atomic E-state index is 0.0132. The molecule has 0 saturated carbocycles. The normalized spacial score (nSPS) is 15.8. The minimum atomic E-state index is -0.440. The molecule has 210 valence electrons. The Hall–Kier alpha value is -4.50. The van der Waals surface area contributed by atoms with Crippen molar-refractivity contribution < 1.29 is 18.7 Å². The Bertz CT molecular complexity index is 1740. The molecule has 1 aliphatic rings. The Kier molecular flexibility index (Phi) is 6.83. The Balaban J connectivity index is 1.51. The molecule has 0 aliphatic carbocycles. The number of nitrogens with one attached hydrogen (secondary N) is 3. The van der Waals surface area contributed by atoms with Crippen LogP contribution in [0.5, 0.6) is 0 Å². The number of carbonyl (C=O) groups is 2. The predicted molar refractivity (Wildman–Crippen MR) is 157 cm³/mol. The summed E-state index contributed by atoms with van der Waals surface area (Å²) in [5, 5.41) is 15.1. The zero-order valence-corrected chi connectivity index (χ0v) is 23.3. The Morgan fingerprint density at radius 2 is 1.90 bits per heavy atom. The summed E-state index contributed by atoms with van der Waals surface area (Å²) in [5.74, 6) is -0.463. The van der Waals surface area contributed by atoms with Gasteiger partial charge >= 0.3 is 0 Å². The van der Waals surface area contributed by atoms with E-state index in [4.69, 9.17) is 4.74 Å². The number of aromatic amines is 1. The van der Waals surface area contributed by atoms with Crippen molar-refractivity contribution in [1.82, 2.24) is 25.4 Å². The number of benzene rings is 3. The van der Waals surface area contributed by atoms with Crippen LogP contribution < -0.4 is 10.6 Å². The molecule has 0 bridgehead atoms. The maximum atomic E-state index is 14.0. The van der Waals surface area contributed by atoms with Crippen LogP contribution >= 0.6 is 0 Å². The predicted octanol–water partition coefficient (Wildman–Crippen LogP) is 5.25. The van der Waals surface area contributed by atoms with Crippen molar-refractivity contribution in [2.45, 2.75) is 38.1 Å². The van der Waals surface area contributed by atoms with E-state index in [-0.39, 0.29) is 23.7 Å². The number of aromatic nitrogens is 3. The third kappa shape index (κ3) is 4.97. The van der Waals surface area contributed by atoms with E-state index in [1.54, 1.807) is 25.4 Å². The highest BCUT2D eigenvalue weighted by molar-refractivity contribution is 6.06. The number of nitrogens with zero attached hydrogens (tertiary/aromatic N) is 2. The number of methoxy groups -OCH3 is 1. The molecule has 3 N–H and O–H groups in total. The van der Waals surface area contributed by atoms with Gasteiger partial charge in [0.15, 0.2) is 0 Å². The number of rotatable bonds is 7. The van der Waals surface area contributed by atoms with Crippen molar-refractivity contribution in [3.63, 3.8) is 0 Å². The molecule has 8 nitrogen and oxygen atoms in total. The van der Waals surface area contributed by atoms with Gasteiger partial charge < -0.3 is 19.9 Å². The van der Waals surface area contributed by atoms with Gasteiger partial charge in [-0.3, -0.25) is 14.7 Å². The first kappa shape index (κ1) is 26.7. The Morgan fingerprint density at radius 3 is 2.59 bits per heavy atom. The molecule has 1 aliphatic heterocycles. The summed E-state index contributed by atoms with van der Waals surface area (Å²) < 4.78 is 21.8. The van der Waals surface area contributed by atoms with Gasteiger partial charge in [0.05, 0.1) is 23.8 Å². The average molecular weight is 554 g/mol. The van der Waals surface area contributed by atoms with Crippen molar-refractivity contribution in [3.8, 4) is 16.8 Å². The second-order valence-corrected chi connectivity index (χ2v) is 11.3. The molecule has 1 fully saturated rings. The summed E-state index contributed by atoms with van der Waals surface area (Å²) in [7, 11) is 1.69. The third-order valence-corrected chi connectivity index (χ3v) is 7.79. The number of hydrogen-bond acceptors (Lipinski definition) is 4. The van der Waals surface area contributed by atoms with Crippen LogP contribution in [-0.4, -0.2) is 52.9 Å².